The van der Waals surface area contributed by atoms with Crippen molar-refractivity contribution in [2.24, 2.45) is 5.10 Å². The van der Waals surface area contributed by atoms with Crippen molar-refractivity contribution < 1.29 is 9.90 Å². The Balaban J connectivity index is 1.67. The van der Waals surface area contributed by atoms with E-state index in [4.69, 9.17) is 11.6 Å². The topological polar surface area (TPSA) is 79.5 Å². The molecule has 6 nitrogen and oxygen atoms in total. The maximum absolute atomic E-state index is 12.4. The smallest absolute Gasteiger partial charge is 0.293 e. The number of hydrazone groups is 1. The molecule has 0 unspecified atom stereocenters. The Bertz CT molecular complexity index is 1060. The van der Waals surface area contributed by atoms with Gasteiger partial charge in [-0.15, -0.1) is 6.58 Å². The predicted molar refractivity (Wildman–Crippen MR) is 118 cm³/mol. The second kappa shape index (κ2) is 9.54. The van der Waals surface area contributed by atoms with Gasteiger partial charge in [-0.1, -0.05) is 41.9 Å². The average molecular weight is 474 g/mol. The van der Waals surface area contributed by atoms with Crippen LogP contribution in [0.5, 0.6) is 5.75 Å². The third-order valence-corrected chi connectivity index (χ3v) is 4.91. The number of phenolic OH excluding ortho intramolecular Hbond substituents is 1. The maximum Gasteiger partial charge on any atom is 0.293 e. The van der Waals surface area contributed by atoms with E-state index < -0.39 is 5.91 Å². The summed E-state index contributed by atoms with van der Waals surface area (Å²) >= 11 is 9.25. The molecule has 1 aromatic heterocycles. The molecule has 0 radical (unpaired) electrons. The van der Waals surface area contributed by atoms with E-state index in [-0.39, 0.29) is 11.4 Å². The first-order valence-electron chi connectivity index (χ1n) is 8.70. The Morgan fingerprint density at radius 2 is 2.07 bits per heavy atom. The van der Waals surface area contributed by atoms with Crippen molar-refractivity contribution in [1.29, 1.82) is 0 Å². The Morgan fingerprint density at radius 1 is 1.31 bits per heavy atom. The number of halogens is 2. The third kappa shape index (κ3) is 5.34. The number of benzene rings is 2. The van der Waals surface area contributed by atoms with Crippen LogP contribution in [0, 0.1) is 0 Å². The van der Waals surface area contributed by atoms with Crippen LogP contribution in [0.15, 0.2) is 70.9 Å². The lowest BCUT2D eigenvalue weighted by molar-refractivity contribution is 0.0948. The van der Waals surface area contributed by atoms with Gasteiger partial charge in [-0.05, 0) is 51.7 Å². The molecule has 0 aliphatic carbocycles. The van der Waals surface area contributed by atoms with Crippen LogP contribution in [-0.2, 0) is 13.0 Å². The van der Waals surface area contributed by atoms with E-state index in [0.717, 1.165) is 11.1 Å². The van der Waals surface area contributed by atoms with Crippen LogP contribution in [0.4, 0.5) is 0 Å². The molecule has 3 rings (SSSR count). The molecule has 0 bridgehead atoms. The van der Waals surface area contributed by atoms with Gasteiger partial charge in [-0.2, -0.15) is 10.2 Å². The number of nitrogens with one attached hydrogen (secondary N) is 1. The zero-order valence-electron chi connectivity index (χ0n) is 15.3. The molecule has 29 heavy (non-hydrogen) atoms. The van der Waals surface area contributed by atoms with Crippen LogP contribution in [0.25, 0.3) is 0 Å². The number of rotatable bonds is 7. The van der Waals surface area contributed by atoms with E-state index in [1.165, 1.54) is 6.21 Å². The highest BCUT2D eigenvalue weighted by molar-refractivity contribution is 9.10. The molecule has 0 saturated carbocycles. The quantitative estimate of drug-likeness (QED) is 0.300. The SMILES string of the molecule is C=CCc1cccc(C=NNC(=O)c2nn(Cc3ccc(Cl)cc3)cc2Br)c1O. The van der Waals surface area contributed by atoms with E-state index >= 15 is 0 Å². The minimum atomic E-state index is -0.468. The number of aromatic nitrogens is 2. The van der Waals surface area contributed by atoms with Gasteiger partial charge in [0.2, 0.25) is 0 Å². The molecule has 0 atom stereocenters. The molecule has 0 spiro atoms. The minimum absolute atomic E-state index is 0.110. The van der Waals surface area contributed by atoms with E-state index in [1.807, 2.05) is 12.1 Å². The normalized spacial score (nSPS) is 11.0. The van der Waals surface area contributed by atoms with Gasteiger partial charge in [0, 0.05) is 16.8 Å². The van der Waals surface area contributed by atoms with Gasteiger partial charge in [0.05, 0.1) is 17.2 Å². The Labute approximate surface area is 181 Å². The van der Waals surface area contributed by atoms with Gasteiger partial charge in [0.15, 0.2) is 5.69 Å². The molecule has 0 saturated heterocycles. The fraction of sp³-hybridized carbons (Fsp3) is 0.0952. The average Bonchev–Trinajstić information content (AvgIpc) is 3.07. The number of hydrogen-bond acceptors (Lipinski definition) is 4. The van der Waals surface area contributed by atoms with Crippen molar-refractivity contribution in [1.82, 2.24) is 15.2 Å². The summed E-state index contributed by atoms with van der Waals surface area (Å²) in [5.41, 5.74) is 4.87. The molecule has 0 aliphatic heterocycles. The summed E-state index contributed by atoms with van der Waals surface area (Å²) in [4.78, 5) is 12.4. The van der Waals surface area contributed by atoms with Crippen LogP contribution >= 0.6 is 27.5 Å². The van der Waals surface area contributed by atoms with E-state index in [1.54, 1.807) is 47.3 Å². The maximum atomic E-state index is 12.4. The fourth-order valence-electron chi connectivity index (χ4n) is 2.66. The van der Waals surface area contributed by atoms with Gasteiger partial charge in [-0.3, -0.25) is 9.48 Å². The summed E-state index contributed by atoms with van der Waals surface area (Å²) < 4.78 is 2.20. The number of para-hydroxylation sites is 1. The summed E-state index contributed by atoms with van der Waals surface area (Å²) in [7, 11) is 0. The van der Waals surface area contributed by atoms with Gasteiger partial charge in [-0.25, -0.2) is 5.43 Å². The number of phenols is 1. The molecule has 148 valence electrons. The molecule has 1 amide bonds. The molecule has 8 heteroatoms. The lowest BCUT2D eigenvalue weighted by Crippen LogP contribution is -2.19. The standard InChI is InChI=1S/C21H18BrClN4O2/c1-2-4-15-5-3-6-16(20(15)28)11-24-25-21(29)19-18(22)13-27(26-19)12-14-7-9-17(23)10-8-14/h2-3,5-11,13,28H,1,4,12H2,(H,25,29). The van der Waals surface area contributed by atoms with Crippen LogP contribution in [0.3, 0.4) is 0 Å². The van der Waals surface area contributed by atoms with Crippen molar-refractivity contribution in [3.63, 3.8) is 0 Å². The van der Waals surface area contributed by atoms with Crippen molar-refractivity contribution >= 4 is 39.7 Å². The van der Waals surface area contributed by atoms with Crippen molar-refractivity contribution in [2.75, 3.05) is 0 Å². The molecular weight excluding hydrogens is 456 g/mol. The van der Waals surface area contributed by atoms with Gasteiger partial charge < -0.3 is 5.11 Å². The monoisotopic (exact) mass is 472 g/mol. The molecule has 2 N–H and O–H groups in total. The third-order valence-electron chi connectivity index (χ3n) is 4.07. The number of allylic oxidation sites excluding steroid dienone is 1. The lowest BCUT2D eigenvalue weighted by atomic mass is 10.1. The number of carbonyl (C=O) groups excluding carboxylic acids is 1. The number of aromatic hydroxyl groups is 1. The summed E-state index contributed by atoms with van der Waals surface area (Å²) in [5.74, 6) is -0.358. The molecule has 0 aliphatic rings. The molecule has 3 aromatic rings. The Hall–Kier alpha value is -2.90. The highest BCUT2D eigenvalue weighted by Crippen LogP contribution is 2.21. The summed E-state index contributed by atoms with van der Waals surface area (Å²) in [6.45, 7) is 4.16. The Kier molecular flexibility index (Phi) is 6.85. The minimum Gasteiger partial charge on any atom is -0.507 e. The molecular formula is C21H18BrClN4O2. The highest BCUT2D eigenvalue weighted by atomic mass is 79.9. The van der Waals surface area contributed by atoms with Crippen LogP contribution in [0.2, 0.25) is 5.02 Å². The summed E-state index contributed by atoms with van der Waals surface area (Å²) in [5, 5.41) is 19.1. The van der Waals surface area contributed by atoms with Gasteiger partial charge >= 0.3 is 0 Å². The summed E-state index contributed by atoms with van der Waals surface area (Å²) in [6.07, 6.45) is 5.35. The first-order chi connectivity index (χ1) is 14.0. The van der Waals surface area contributed by atoms with E-state index in [0.29, 0.717) is 28.0 Å². The zero-order chi connectivity index (χ0) is 20.8. The number of carbonyl (C=O) groups is 1. The summed E-state index contributed by atoms with van der Waals surface area (Å²) in [6, 6.07) is 12.7. The second-order valence-corrected chi connectivity index (χ2v) is 7.49. The Morgan fingerprint density at radius 3 is 2.79 bits per heavy atom. The highest BCUT2D eigenvalue weighted by Gasteiger charge is 2.15. The van der Waals surface area contributed by atoms with Crippen LogP contribution in [0.1, 0.15) is 27.2 Å². The molecule has 0 fully saturated rings. The zero-order valence-corrected chi connectivity index (χ0v) is 17.7. The fourth-order valence-corrected chi connectivity index (χ4v) is 3.28. The first kappa shape index (κ1) is 20.8. The van der Waals surface area contributed by atoms with Gasteiger partial charge in [0.25, 0.3) is 5.91 Å². The molecule has 2 aromatic carbocycles. The first-order valence-corrected chi connectivity index (χ1v) is 9.87. The van der Waals surface area contributed by atoms with Crippen molar-refractivity contribution in [2.45, 2.75) is 13.0 Å². The van der Waals surface area contributed by atoms with Crippen LogP contribution < -0.4 is 5.43 Å². The predicted octanol–water partition coefficient (Wildman–Crippen LogP) is 4.55. The van der Waals surface area contributed by atoms with E-state index in [9.17, 15) is 9.90 Å². The second-order valence-electron chi connectivity index (χ2n) is 6.20. The lowest BCUT2D eigenvalue weighted by Gasteiger charge is -2.04. The number of nitrogens with zero attached hydrogens (tertiary/aromatic N) is 3. The van der Waals surface area contributed by atoms with Gasteiger partial charge in [0.1, 0.15) is 5.75 Å². The van der Waals surface area contributed by atoms with Crippen LogP contribution in [-0.4, -0.2) is 27.0 Å². The van der Waals surface area contributed by atoms with E-state index in [2.05, 4.69) is 38.1 Å². The number of amides is 1. The molecule has 1 heterocycles. The van der Waals surface area contributed by atoms with Crippen molar-refractivity contribution in [3.05, 3.63) is 93.2 Å². The largest absolute Gasteiger partial charge is 0.507 e. The van der Waals surface area contributed by atoms with Crippen molar-refractivity contribution in [3.8, 4) is 5.75 Å². The number of hydrogen-bond donors (Lipinski definition) is 2.